The van der Waals surface area contributed by atoms with Gasteiger partial charge in [-0.15, -0.1) is 0 Å². The van der Waals surface area contributed by atoms with Crippen LogP contribution in [-0.2, 0) is 4.79 Å². The molecule has 30 heavy (non-hydrogen) atoms. The summed E-state index contributed by atoms with van der Waals surface area (Å²) < 4.78 is 18.7. The summed E-state index contributed by atoms with van der Waals surface area (Å²) >= 11 is 0. The summed E-state index contributed by atoms with van der Waals surface area (Å²) in [4.78, 5) is 16.3. The lowest BCUT2D eigenvalue weighted by atomic mass is 9.91. The summed E-state index contributed by atoms with van der Waals surface area (Å²) in [7, 11) is 0. The van der Waals surface area contributed by atoms with Gasteiger partial charge in [-0.3, -0.25) is 0 Å². The number of carbonyl (C=O) groups excluding carboxylic acids is 1. The quantitative estimate of drug-likeness (QED) is 0.590. The SMILES string of the molecule is C=C1c2ccccc2C(C=O)N1CCN1CCC(c2noc3cc(F)ccc23)CC1. The third kappa shape index (κ3) is 3.21. The zero-order valence-electron chi connectivity index (χ0n) is 16.8. The first kappa shape index (κ1) is 19.0. The van der Waals surface area contributed by atoms with Gasteiger partial charge in [0.15, 0.2) is 5.58 Å². The molecule has 1 fully saturated rings. The van der Waals surface area contributed by atoms with Gasteiger partial charge in [-0.2, -0.15) is 0 Å². The van der Waals surface area contributed by atoms with Crippen LogP contribution in [-0.4, -0.2) is 47.4 Å². The van der Waals surface area contributed by atoms with Crippen LogP contribution in [0.1, 0.15) is 41.6 Å². The van der Waals surface area contributed by atoms with E-state index in [1.54, 1.807) is 6.07 Å². The molecule has 0 aliphatic carbocycles. The van der Waals surface area contributed by atoms with Crippen LogP contribution in [0.25, 0.3) is 16.7 Å². The number of nitrogens with zero attached hydrogens (tertiary/aromatic N) is 3. The first-order valence-electron chi connectivity index (χ1n) is 10.4. The molecule has 5 nitrogen and oxygen atoms in total. The van der Waals surface area contributed by atoms with E-state index < -0.39 is 0 Å². The van der Waals surface area contributed by atoms with Crippen LogP contribution in [0.4, 0.5) is 4.39 Å². The third-order valence-electron chi connectivity index (χ3n) is 6.50. The summed E-state index contributed by atoms with van der Waals surface area (Å²) in [6.45, 7) is 7.79. The molecular formula is C24H24FN3O2. The van der Waals surface area contributed by atoms with Gasteiger partial charge in [0, 0.05) is 41.7 Å². The van der Waals surface area contributed by atoms with E-state index in [4.69, 9.17) is 4.52 Å². The number of benzene rings is 2. The highest BCUT2D eigenvalue weighted by Gasteiger charge is 2.32. The van der Waals surface area contributed by atoms with Gasteiger partial charge in [-0.1, -0.05) is 36.0 Å². The largest absolute Gasteiger partial charge is 0.356 e. The van der Waals surface area contributed by atoms with Crippen molar-refractivity contribution >= 4 is 23.0 Å². The summed E-state index contributed by atoms with van der Waals surface area (Å²) in [5.41, 5.74) is 4.50. The van der Waals surface area contributed by atoms with Crippen molar-refractivity contribution in [3.63, 3.8) is 0 Å². The van der Waals surface area contributed by atoms with Crippen molar-refractivity contribution in [1.29, 1.82) is 0 Å². The molecule has 2 aromatic carbocycles. The molecule has 1 saturated heterocycles. The Bertz CT molecular complexity index is 1100. The molecule has 3 aromatic rings. The molecule has 154 valence electrons. The normalized spacial score (nSPS) is 20.1. The molecule has 0 amide bonds. The second kappa shape index (κ2) is 7.69. The Kier molecular flexibility index (Phi) is 4.87. The highest BCUT2D eigenvalue weighted by molar-refractivity contribution is 5.80. The number of aromatic nitrogens is 1. The summed E-state index contributed by atoms with van der Waals surface area (Å²) in [5, 5.41) is 5.14. The maximum absolute atomic E-state index is 13.4. The Morgan fingerprint density at radius 2 is 1.97 bits per heavy atom. The minimum Gasteiger partial charge on any atom is -0.356 e. The first-order valence-corrected chi connectivity index (χ1v) is 10.4. The van der Waals surface area contributed by atoms with Gasteiger partial charge in [0.05, 0.1) is 5.69 Å². The number of fused-ring (bicyclic) bond motifs is 2. The molecule has 0 spiro atoms. The summed E-state index contributed by atoms with van der Waals surface area (Å²) in [5.74, 6) is 0.0148. The molecule has 1 unspecified atom stereocenters. The summed E-state index contributed by atoms with van der Waals surface area (Å²) in [6, 6.07) is 12.4. The molecule has 1 aromatic heterocycles. The topological polar surface area (TPSA) is 49.6 Å². The third-order valence-corrected chi connectivity index (χ3v) is 6.50. The molecule has 3 heterocycles. The number of aldehydes is 1. The van der Waals surface area contributed by atoms with Crippen molar-refractivity contribution in [1.82, 2.24) is 15.0 Å². The van der Waals surface area contributed by atoms with Crippen molar-refractivity contribution in [2.45, 2.75) is 24.8 Å². The van der Waals surface area contributed by atoms with Gasteiger partial charge < -0.3 is 19.1 Å². The number of piperidine rings is 1. The lowest BCUT2D eigenvalue weighted by molar-refractivity contribution is -0.111. The van der Waals surface area contributed by atoms with Crippen molar-refractivity contribution < 1.29 is 13.7 Å². The highest BCUT2D eigenvalue weighted by Crippen LogP contribution is 2.39. The molecule has 6 heteroatoms. The van der Waals surface area contributed by atoms with Crippen molar-refractivity contribution in [3.8, 4) is 0 Å². The van der Waals surface area contributed by atoms with Crippen LogP contribution in [0, 0.1) is 5.82 Å². The second-order valence-corrected chi connectivity index (χ2v) is 8.13. The fourth-order valence-electron chi connectivity index (χ4n) is 4.83. The minimum absolute atomic E-state index is 0.242. The van der Waals surface area contributed by atoms with E-state index in [1.807, 2.05) is 24.3 Å². The van der Waals surface area contributed by atoms with Crippen molar-refractivity contribution in [2.75, 3.05) is 26.2 Å². The van der Waals surface area contributed by atoms with E-state index in [-0.39, 0.29) is 11.9 Å². The van der Waals surface area contributed by atoms with E-state index in [0.29, 0.717) is 11.5 Å². The number of hydrogen-bond acceptors (Lipinski definition) is 5. The summed E-state index contributed by atoms with van der Waals surface area (Å²) in [6.07, 6.45) is 2.98. The van der Waals surface area contributed by atoms with E-state index in [2.05, 4.69) is 21.5 Å². The molecule has 0 saturated carbocycles. The van der Waals surface area contributed by atoms with Gasteiger partial charge >= 0.3 is 0 Å². The van der Waals surface area contributed by atoms with Crippen molar-refractivity contribution in [3.05, 3.63) is 71.7 Å². The Labute approximate surface area is 174 Å². The van der Waals surface area contributed by atoms with E-state index in [1.165, 1.54) is 12.1 Å². The van der Waals surface area contributed by atoms with Gasteiger partial charge in [0.2, 0.25) is 0 Å². The number of hydrogen-bond donors (Lipinski definition) is 0. The maximum Gasteiger partial charge on any atom is 0.170 e. The monoisotopic (exact) mass is 405 g/mol. The molecule has 2 aliphatic rings. The van der Waals surface area contributed by atoms with Gasteiger partial charge in [0.25, 0.3) is 0 Å². The molecular weight excluding hydrogens is 381 g/mol. The lowest BCUT2D eigenvalue weighted by Crippen LogP contribution is -2.39. The van der Waals surface area contributed by atoms with E-state index in [9.17, 15) is 9.18 Å². The molecule has 2 aliphatic heterocycles. The smallest absolute Gasteiger partial charge is 0.170 e. The number of halogens is 1. The van der Waals surface area contributed by atoms with Crippen LogP contribution in [0.15, 0.2) is 53.6 Å². The fourth-order valence-corrected chi connectivity index (χ4v) is 4.83. The fraction of sp³-hybridized carbons (Fsp3) is 0.333. The predicted octanol–water partition coefficient (Wildman–Crippen LogP) is 4.37. The highest BCUT2D eigenvalue weighted by atomic mass is 19.1. The number of rotatable bonds is 5. The molecule has 1 atom stereocenters. The molecule has 0 N–H and O–H groups in total. The Hall–Kier alpha value is -2.99. The van der Waals surface area contributed by atoms with E-state index >= 15 is 0 Å². The standard InChI is InChI=1S/C24H24FN3O2/c1-16-19-4-2-3-5-20(19)22(15-29)28(16)13-12-27-10-8-17(9-11-27)24-21-7-6-18(25)14-23(21)30-26-24/h2-7,14-15,17,22H,1,8-13H2. The Morgan fingerprint density at radius 3 is 2.77 bits per heavy atom. The average Bonchev–Trinajstić information content (AvgIpc) is 3.31. The number of likely N-dealkylation sites (tertiary alicyclic amines) is 1. The van der Waals surface area contributed by atoms with Crippen LogP contribution in [0.2, 0.25) is 0 Å². The van der Waals surface area contributed by atoms with E-state index in [0.717, 1.165) is 73.2 Å². The minimum atomic E-state index is -0.306. The second-order valence-electron chi connectivity index (χ2n) is 8.13. The zero-order chi connectivity index (χ0) is 20.7. The van der Waals surface area contributed by atoms with Crippen LogP contribution >= 0.6 is 0 Å². The molecule has 0 radical (unpaired) electrons. The van der Waals surface area contributed by atoms with Crippen molar-refractivity contribution in [2.24, 2.45) is 0 Å². The number of carbonyl (C=O) groups is 1. The van der Waals surface area contributed by atoms with Crippen LogP contribution < -0.4 is 0 Å². The van der Waals surface area contributed by atoms with Crippen LogP contribution in [0.5, 0.6) is 0 Å². The van der Waals surface area contributed by atoms with Crippen LogP contribution in [0.3, 0.4) is 0 Å². The lowest BCUT2D eigenvalue weighted by Gasteiger charge is -2.33. The van der Waals surface area contributed by atoms with Gasteiger partial charge in [-0.25, -0.2) is 4.39 Å². The first-order chi connectivity index (χ1) is 14.7. The predicted molar refractivity (Wildman–Crippen MR) is 113 cm³/mol. The average molecular weight is 405 g/mol. The van der Waals surface area contributed by atoms with Gasteiger partial charge in [-0.05, 0) is 43.6 Å². The maximum atomic E-state index is 13.4. The Morgan fingerprint density at radius 1 is 1.17 bits per heavy atom. The Balaban J connectivity index is 1.21. The van der Waals surface area contributed by atoms with Gasteiger partial charge in [0.1, 0.15) is 18.1 Å². The molecule has 5 rings (SSSR count). The molecule has 0 bridgehead atoms. The zero-order valence-corrected chi connectivity index (χ0v) is 16.8.